The molecule has 6 heteroatoms. The molecule has 0 amide bonds. The van der Waals surface area contributed by atoms with Crippen LogP contribution >= 0.6 is 0 Å². The van der Waals surface area contributed by atoms with Gasteiger partial charge in [0, 0.05) is 38.6 Å². The Bertz CT molecular complexity index is 1070. The summed E-state index contributed by atoms with van der Waals surface area (Å²) in [6.07, 6.45) is 10.3. The minimum Gasteiger partial charge on any atom is -0.355 e. The van der Waals surface area contributed by atoms with Gasteiger partial charge in [0.2, 0.25) is 0 Å². The summed E-state index contributed by atoms with van der Waals surface area (Å²) < 4.78 is 2.10. The minimum atomic E-state index is -0.0913. The highest BCUT2D eigenvalue weighted by Gasteiger charge is 2.16. The molecule has 4 heterocycles. The van der Waals surface area contributed by atoms with E-state index in [1.54, 1.807) is 24.4 Å². The van der Waals surface area contributed by atoms with Crippen molar-refractivity contribution in [2.45, 2.75) is 6.92 Å². The first kappa shape index (κ1) is 19.1. The first-order valence-electron chi connectivity index (χ1n) is 9.83. The second-order valence-corrected chi connectivity index (χ2v) is 7.34. The van der Waals surface area contributed by atoms with Gasteiger partial charge in [-0.3, -0.25) is 14.2 Å². The van der Waals surface area contributed by atoms with Crippen LogP contribution in [-0.4, -0.2) is 58.3 Å². The summed E-state index contributed by atoms with van der Waals surface area (Å²) in [7, 11) is 2.15. The number of carbonyl (C=O) groups excluding carboxylic acids is 1. The number of anilines is 1. The first-order valence-corrected chi connectivity index (χ1v) is 9.83. The third kappa shape index (κ3) is 4.43. The van der Waals surface area contributed by atoms with E-state index in [9.17, 15) is 4.79 Å². The van der Waals surface area contributed by atoms with E-state index in [1.165, 1.54) is 6.08 Å². The molecule has 1 aliphatic rings. The molecule has 1 fully saturated rings. The van der Waals surface area contributed by atoms with Crippen molar-refractivity contribution in [1.82, 2.24) is 19.3 Å². The lowest BCUT2D eigenvalue weighted by atomic mass is 10.2. The summed E-state index contributed by atoms with van der Waals surface area (Å²) in [5.41, 5.74) is 3.49. The molecule has 0 bridgehead atoms. The number of imidazole rings is 1. The summed E-state index contributed by atoms with van der Waals surface area (Å²) in [5, 5.41) is 0. The van der Waals surface area contributed by atoms with E-state index in [0.29, 0.717) is 0 Å². The Morgan fingerprint density at radius 3 is 2.62 bits per heavy atom. The van der Waals surface area contributed by atoms with Crippen LogP contribution in [0.4, 0.5) is 5.82 Å². The second kappa shape index (κ2) is 8.41. The molecule has 0 aromatic carbocycles. The lowest BCUT2D eigenvalue weighted by Crippen LogP contribution is -2.45. The van der Waals surface area contributed by atoms with E-state index < -0.39 is 0 Å². The van der Waals surface area contributed by atoms with Gasteiger partial charge in [0.1, 0.15) is 11.5 Å². The van der Waals surface area contributed by atoms with Gasteiger partial charge in [-0.05, 0) is 62.0 Å². The van der Waals surface area contributed by atoms with Gasteiger partial charge in [0.15, 0.2) is 5.78 Å². The van der Waals surface area contributed by atoms with Crippen LogP contribution in [0.15, 0.2) is 54.9 Å². The number of hydrogen-bond acceptors (Lipinski definition) is 5. The van der Waals surface area contributed by atoms with E-state index in [2.05, 4.69) is 37.3 Å². The molecular formula is C23H25N5O. The number of piperazine rings is 1. The van der Waals surface area contributed by atoms with E-state index in [0.717, 1.165) is 54.6 Å². The smallest absolute Gasteiger partial charge is 0.178 e. The number of fused-ring (bicyclic) bond motifs is 1. The summed E-state index contributed by atoms with van der Waals surface area (Å²) in [4.78, 5) is 25.8. The topological polar surface area (TPSA) is 53.7 Å². The van der Waals surface area contributed by atoms with Crippen molar-refractivity contribution in [3.63, 3.8) is 0 Å². The molecule has 1 saturated heterocycles. The molecule has 3 aromatic rings. The molecule has 0 radical (unpaired) electrons. The van der Waals surface area contributed by atoms with Gasteiger partial charge in [0.25, 0.3) is 0 Å². The van der Waals surface area contributed by atoms with Crippen LogP contribution in [0, 0.1) is 6.92 Å². The van der Waals surface area contributed by atoms with Crippen LogP contribution in [0.3, 0.4) is 0 Å². The van der Waals surface area contributed by atoms with Gasteiger partial charge >= 0.3 is 0 Å². The third-order valence-corrected chi connectivity index (χ3v) is 5.19. The van der Waals surface area contributed by atoms with E-state index in [-0.39, 0.29) is 5.78 Å². The van der Waals surface area contributed by atoms with E-state index in [4.69, 9.17) is 0 Å². The van der Waals surface area contributed by atoms with Crippen LogP contribution in [0.1, 0.15) is 17.0 Å². The minimum absolute atomic E-state index is 0.0913. The van der Waals surface area contributed by atoms with E-state index in [1.807, 2.05) is 37.4 Å². The quantitative estimate of drug-likeness (QED) is 0.630. The Balaban J connectivity index is 1.50. The highest BCUT2D eigenvalue weighted by Crippen LogP contribution is 2.19. The normalized spacial score (nSPS) is 15.7. The maximum absolute atomic E-state index is 12.2. The Morgan fingerprint density at radius 1 is 1.03 bits per heavy atom. The lowest BCUT2D eigenvalue weighted by Gasteiger charge is -2.34. The molecule has 6 nitrogen and oxygen atoms in total. The number of ketones is 1. The van der Waals surface area contributed by atoms with Crippen molar-refractivity contribution >= 4 is 29.4 Å². The van der Waals surface area contributed by atoms with Crippen LogP contribution in [0.5, 0.6) is 0 Å². The molecule has 4 rings (SSSR count). The lowest BCUT2D eigenvalue weighted by molar-refractivity contribution is -0.110. The molecule has 0 saturated carbocycles. The number of aryl methyl sites for hydroxylation is 1. The molecule has 148 valence electrons. The molecular weight excluding hydrogens is 362 g/mol. The van der Waals surface area contributed by atoms with Crippen molar-refractivity contribution in [2.24, 2.45) is 0 Å². The molecule has 29 heavy (non-hydrogen) atoms. The zero-order valence-electron chi connectivity index (χ0n) is 16.8. The number of hydrogen-bond donors (Lipinski definition) is 0. The number of likely N-dealkylation sites (N-methyl/N-ethyl adjacent to an activating group) is 1. The first-order chi connectivity index (χ1) is 14.1. The average molecular weight is 387 g/mol. The fraction of sp³-hybridized carbons (Fsp3) is 0.261. The van der Waals surface area contributed by atoms with Gasteiger partial charge in [-0.25, -0.2) is 4.98 Å². The maximum Gasteiger partial charge on any atom is 0.178 e. The Kier molecular flexibility index (Phi) is 5.53. The number of aromatic nitrogens is 3. The molecule has 0 atom stereocenters. The van der Waals surface area contributed by atoms with Crippen molar-refractivity contribution in [1.29, 1.82) is 0 Å². The summed E-state index contributed by atoms with van der Waals surface area (Å²) >= 11 is 0. The molecule has 0 N–H and O–H groups in total. The molecule has 1 aliphatic heterocycles. The van der Waals surface area contributed by atoms with Gasteiger partial charge < -0.3 is 9.80 Å². The Labute approximate surface area is 170 Å². The predicted octanol–water partition coefficient (Wildman–Crippen LogP) is 3.09. The SMILES string of the molecule is Cc1cccnc1/C=C/C(=O)/C=C/c1cn2c(N3CCN(C)CC3)cccc2n1. The summed E-state index contributed by atoms with van der Waals surface area (Å²) in [6, 6.07) is 10.0. The third-order valence-electron chi connectivity index (χ3n) is 5.19. The van der Waals surface area contributed by atoms with Gasteiger partial charge in [0.05, 0.1) is 11.4 Å². The zero-order valence-corrected chi connectivity index (χ0v) is 16.8. The number of nitrogens with zero attached hydrogens (tertiary/aromatic N) is 5. The maximum atomic E-state index is 12.2. The largest absolute Gasteiger partial charge is 0.355 e. The van der Waals surface area contributed by atoms with Gasteiger partial charge in [-0.15, -0.1) is 0 Å². The molecule has 3 aromatic heterocycles. The van der Waals surface area contributed by atoms with Crippen molar-refractivity contribution in [3.8, 4) is 0 Å². The average Bonchev–Trinajstić information content (AvgIpc) is 3.15. The summed E-state index contributed by atoms with van der Waals surface area (Å²) in [5.74, 6) is 1.05. The van der Waals surface area contributed by atoms with Crippen LogP contribution < -0.4 is 4.90 Å². The fourth-order valence-corrected chi connectivity index (χ4v) is 3.45. The van der Waals surface area contributed by atoms with Crippen LogP contribution in [0.25, 0.3) is 17.8 Å². The van der Waals surface area contributed by atoms with Crippen molar-refractivity contribution in [3.05, 3.63) is 71.8 Å². The predicted molar refractivity (Wildman–Crippen MR) is 117 cm³/mol. The summed E-state index contributed by atoms with van der Waals surface area (Å²) in [6.45, 7) is 6.06. The van der Waals surface area contributed by atoms with Crippen LogP contribution in [0.2, 0.25) is 0 Å². The standard InChI is InChI=1S/C23H25N5O/c1-18-5-4-12-24-21(18)11-10-20(29)9-8-19-17-28-22(25-19)6-3-7-23(28)27-15-13-26(2)14-16-27/h3-12,17H,13-16H2,1-2H3/b9-8+,11-10+. The Morgan fingerprint density at radius 2 is 1.83 bits per heavy atom. The number of pyridine rings is 2. The monoisotopic (exact) mass is 387 g/mol. The highest BCUT2D eigenvalue weighted by atomic mass is 16.1. The zero-order chi connectivity index (χ0) is 20.2. The van der Waals surface area contributed by atoms with Crippen molar-refractivity contribution in [2.75, 3.05) is 38.1 Å². The Hall–Kier alpha value is -3.25. The highest BCUT2D eigenvalue weighted by molar-refractivity contribution is 6.04. The number of carbonyl (C=O) groups is 1. The van der Waals surface area contributed by atoms with Gasteiger partial charge in [-0.1, -0.05) is 12.1 Å². The van der Waals surface area contributed by atoms with E-state index >= 15 is 0 Å². The molecule has 0 aliphatic carbocycles. The van der Waals surface area contributed by atoms with Crippen molar-refractivity contribution < 1.29 is 4.79 Å². The van der Waals surface area contributed by atoms with Crippen LogP contribution in [-0.2, 0) is 4.79 Å². The number of allylic oxidation sites excluding steroid dienone is 2. The van der Waals surface area contributed by atoms with Gasteiger partial charge in [-0.2, -0.15) is 0 Å². The molecule has 0 unspecified atom stereocenters. The fourth-order valence-electron chi connectivity index (χ4n) is 3.45. The second-order valence-electron chi connectivity index (χ2n) is 7.34. The molecule has 0 spiro atoms. The number of rotatable bonds is 5.